The molecule has 4 rings (SSSR count). The lowest BCUT2D eigenvalue weighted by molar-refractivity contribution is -0.113. The molecule has 11 heteroatoms. The van der Waals surface area contributed by atoms with E-state index in [9.17, 15) is 13.6 Å². The van der Waals surface area contributed by atoms with Gasteiger partial charge in [0, 0.05) is 16.5 Å². The summed E-state index contributed by atoms with van der Waals surface area (Å²) in [6, 6.07) is 14.0. The summed E-state index contributed by atoms with van der Waals surface area (Å²) < 4.78 is 34.3. The van der Waals surface area contributed by atoms with Crippen molar-refractivity contribution in [2.24, 2.45) is 0 Å². The molecule has 1 N–H and O–H groups in total. The Morgan fingerprint density at radius 2 is 1.85 bits per heavy atom. The molecule has 1 amide bonds. The molecule has 0 fully saturated rings. The second-order valence-corrected chi connectivity index (χ2v) is 8.49. The number of carbonyl (C=O) groups is 1. The molecular formula is C22H18F2N4O3S2. The number of carbonyl (C=O) groups excluding carboxylic acids is 1. The Kier molecular flexibility index (Phi) is 7.30. The van der Waals surface area contributed by atoms with Crippen molar-refractivity contribution < 1.29 is 22.7 Å². The number of hydrogen-bond acceptors (Lipinski definition) is 8. The van der Waals surface area contributed by atoms with Crippen LogP contribution in [0.5, 0.6) is 5.75 Å². The van der Waals surface area contributed by atoms with Crippen LogP contribution in [0.4, 0.5) is 13.9 Å². The third kappa shape index (κ3) is 6.14. The normalized spacial score (nSPS) is 11.0. The molecule has 0 bridgehead atoms. The van der Waals surface area contributed by atoms with Crippen molar-refractivity contribution in [2.75, 3.05) is 11.1 Å². The smallest absolute Gasteiger partial charge is 0.387 e. The summed E-state index contributed by atoms with van der Waals surface area (Å²) in [6.07, 6.45) is 0.973. The minimum atomic E-state index is -2.89. The van der Waals surface area contributed by atoms with E-state index in [0.717, 1.165) is 29.4 Å². The summed E-state index contributed by atoms with van der Waals surface area (Å²) in [4.78, 5) is 16.8. The van der Waals surface area contributed by atoms with Gasteiger partial charge in [0.25, 0.3) is 5.22 Å². The molecule has 2 heterocycles. The van der Waals surface area contributed by atoms with Crippen LogP contribution in [-0.4, -0.2) is 33.5 Å². The SMILES string of the molecule is CCc1ccc(-c2csc(NC(=O)CSc3nnc(-c4ccc(OC(F)F)cc4)o3)n2)cc1. The van der Waals surface area contributed by atoms with E-state index in [0.29, 0.717) is 10.7 Å². The van der Waals surface area contributed by atoms with Gasteiger partial charge < -0.3 is 14.5 Å². The quantitative estimate of drug-likeness (QED) is 0.300. The van der Waals surface area contributed by atoms with Gasteiger partial charge >= 0.3 is 6.61 Å². The number of thiazole rings is 1. The second-order valence-electron chi connectivity index (χ2n) is 6.70. The highest BCUT2D eigenvalue weighted by Crippen LogP contribution is 2.27. The maximum atomic E-state index is 12.3. The molecule has 0 saturated heterocycles. The molecule has 170 valence electrons. The van der Waals surface area contributed by atoms with Gasteiger partial charge in [0.15, 0.2) is 5.13 Å². The van der Waals surface area contributed by atoms with E-state index in [-0.39, 0.29) is 28.5 Å². The zero-order chi connectivity index (χ0) is 23.2. The highest BCUT2D eigenvalue weighted by molar-refractivity contribution is 7.99. The van der Waals surface area contributed by atoms with Gasteiger partial charge in [-0.2, -0.15) is 8.78 Å². The standard InChI is InChI=1S/C22H18F2N4O3S2/c1-2-13-3-5-14(6-4-13)17-11-32-21(25-17)26-18(29)12-33-22-28-27-19(31-22)15-7-9-16(10-8-15)30-20(23)24/h3-11,20H,2,12H2,1H3,(H,25,26,29). The minimum Gasteiger partial charge on any atom is -0.435 e. The number of aromatic nitrogens is 3. The van der Waals surface area contributed by atoms with E-state index < -0.39 is 6.61 Å². The van der Waals surface area contributed by atoms with Crippen molar-refractivity contribution in [3.05, 3.63) is 59.5 Å². The Morgan fingerprint density at radius 3 is 2.55 bits per heavy atom. The first-order chi connectivity index (χ1) is 16.0. The van der Waals surface area contributed by atoms with Gasteiger partial charge in [-0.15, -0.1) is 21.5 Å². The van der Waals surface area contributed by atoms with Crippen molar-refractivity contribution in [1.29, 1.82) is 0 Å². The van der Waals surface area contributed by atoms with E-state index in [1.165, 1.54) is 41.2 Å². The minimum absolute atomic E-state index is 0.0304. The molecule has 0 spiro atoms. The molecule has 33 heavy (non-hydrogen) atoms. The molecule has 0 aliphatic heterocycles. The van der Waals surface area contributed by atoms with Crippen LogP contribution < -0.4 is 10.1 Å². The van der Waals surface area contributed by atoms with Crippen LogP contribution in [0, 0.1) is 0 Å². The summed E-state index contributed by atoms with van der Waals surface area (Å²) in [5, 5.41) is 13.2. The van der Waals surface area contributed by atoms with Gasteiger partial charge in [-0.25, -0.2) is 4.98 Å². The van der Waals surface area contributed by atoms with Crippen LogP contribution in [0.25, 0.3) is 22.7 Å². The zero-order valence-electron chi connectivity index (χ0n) is 17.3. The predicted molar refractivity (Wildman–Crippen MR) is 123 cm³/mol. The molecule has 0 atom stereocenters. The monoisotopic (exact) mass is 488 g/mol. The van der Waals surface area contributed by atoms with Gasteiger partial charge in [0.2, 0.25) is 11.8 Å². The van der Waals surface area contributed by atoms with E-state index in [2.05, 4.69) is 44.3 Å². The number of amides is 1. The van der Waals surface area contributed by atoms with Crippen LogP contribution in [0.1, 0.15) is 12.5 Å². The number of alkyl halides is 2. The average molecular weight is 489 g/mol. The number of halogens is 2. The molecule has 4 aromatic rings. The topological polar surface area (TPSA) is 90.1 Å². The lowest BCUT2D eigenvalue weighted by Gasteiger charge is -2.03. The Morgan fingerprint density at radius 1 is 1.12 bits per heavy atom. The van der Waals surface area contributed by atoms with Crippen LogP contribution >= 0.6 is 23.1 Å². The third-order valence-corrected chi connectivity index (χ3v) is 6.04. The number of thioether (sulfide) groups is 1. The average Bonchev–Trinajstić information content (AvgIpc) is 3.48. The molecule has 0 saturated carbocycles. The highest BCUT2D eigenvalue weighted by Gasteiger charge is 2.13. The summed E-state index contributed by atoms with van der Waals surface area (Å²) in [7, 11) is 0. The Balaban J connectivity index is 1.30. The second kappa shape index (κ2) is 10.5. The number of rotatable bonds is 9. The first kappa shape index (κ1) is 22.9. The number of hydrogen-bond donors (Lipinski definition) is 1. The fourth-order valence-electron chi connectivity index (χ4n) is 2.82. The van der Waals surface area contributed by atoms with Gasteiger partial charge in [0.05, 0.1) is 11.4 Å². The third-order valence-electron chi connectivity index (χ3n) is 4.47. The van der Waals surface area contributed by atoms with Crippen molar-refractivity contribution in [3.63, 3.8) is 0 Å². The Bertz CT molecular complexity index is 1210. The van der Waals surface area contributed by atoms with Crippen LogP contribution in [0.3, 0.4) is 0 Å². The molecular weight excluding hydrogens is 470 g/mol. The largest absolute Gasteiger partial charge is 0.435 e. The summed E-state index contributed by atoms with van der Waals surface area (Å²) >= 11 is 2.43. The van der Waals surface area contributed by atoms with Gasteiger partial charge in [0.1, 0.15) is 5.75 Å². The number of nitrogens with zero attached hydrogens (tertiary/aromatic N) is 3. The van der Waals surface area contributed by atoms with E-state index in [1.54, 1.807) is 0 Å². The predicted octanol–water partition coefficient (Wildman–Crippen LogP) is 5.75. The van der Waals surface area contributed by atoms with Crippen molar-refractivity contribution >= 4 is 34.1 Å². The summed E-state index contributed by atoms with van der Waals surface area (Å²) in [5.41, 5.74) is 3.59. The zero-order valence-corrected chi connectivity index (χ0v) is 19.0. The van der Waals surface area contributed by atoms with Gasteiger partial charge in [-0.3, -0.25) is 4.79 Å². The summed E-state index contributed by atoms with van der Waals surface area (Å²) in [6.45, 7) is -0.791. The molecule has 0 radical (unpaired) electrons. The lowest BCUT2D eigenvalue weighted by Crippen LogP contribution is -2.13. The van der Waals surface area contributed by atoms with E-state index in [4.69, 9.17) is 4.42 Å². The first-order valence-electron chi connectivity index (χ1n) is 9.86. The number of anilines is 1. The summed E-state index contributed by atoms with van der Waals surface area (Å²) in [5.74, 6) is 0.0432. The number of ether oxygens (including phenoxy) is 1. The molecule has 0 unspecified atom stereocenters. The van der Waals surface area contributed by atoms with Crippen molar-refractivity contribution in [2.45, 2.75) is 25.2 Å². The number of benzene rings is 2. The van der Waals surface area contributed by atoms with Crippen LogP contribution in [-0.2, 0) is 11.2 Å². The van der Waals surface area contributed by atoms with Gasteiger partial charge in [-0.05, 0) is 36.2 Å². The fraction of sp³-hybridized carbons (Fsp3) is 0.182. The molecule has 2 aromatic carbocycles. The Hall–Kier alpha value is -3.31. The number of aryl methyl sites for hydroxylation is 1. The van der Waals surface area contributed by atoms with E-state index in [1.807, 2.05) is 17.5 Å². The van der Waals surface area contributed by atoms with E-state index >= 15 is 0 Å². The molecule has 0 aliphatic rings. The van der Waals surface area contributed by atoms with Gasteiger partial charge in [-0.1, -0.05) is 43.0 Å². The highest BCUT2D eigenvalue weighted by atomic mass is 32.2. The molecule has 7 nitrogen and oxygen atoms in total. The fourth-order valence-corrected chi connectivity index (χ4v) is 4.12. The Labute approximate surface area is 196 Å². The van der Waals surface area contributed by atoms with Crippen molar-refractivity contribution in [1.82, 2.24) is 15.2 Å². The maximum Gasteiger partial charge on any atom is 0.387 e. The van der Waals surface area contributed by atoms with Crippen LogP contribution in [0.15, 0.2) is 63.6 Å². The van der Waals surface area contributed by atoms with Crippen LogP contribution in [0.2, 0.25) is 0 Å². The molecule has 0 aliphatic carbocycles. The first-order valence-corrected chi connectivity index (χ1v) is 11.7. The van der Waals surface area contributed by atoms with Crippen molar-refractivity contribution in [3.8, 4) is 28.5 Å². The number of nitrogens with one attached hydrogen (secondary N) is 1. The lowest BCUT2D eigenvalue weighted by atomic mass is 10.1. The molecule has 2 aromatic heterocycles. The maximum absolute atomic E-state index is 12.3.